The maximum Gasteiger partial charge on any atom is 0.311 e. The molecule has 20 heavy (non-hydrogen) atoms. The topological polar surface area (TPSA) is 74.7 Å². The van der Waals surface area contributed by atoms with Crippen LogP contribution in [0.1, 0.15) is 58.8 Å². The number of carbonyl (C=O) groups is 3. The predicted molar refractivity (Wildman–Crippen MR) is 72.9 cm³/mol. The molecule has 1 aliphatic heterocycles. The van der Waals surface area contributed by atoms with E-state index in [-0.39, 0.29) is 24.8 Å². The van der Waals surface area contributed by atoms with Crippen molar-refractivity contribution in [3.63, 3.8) is 0 Å². The first kappa shape index (κ1) is 15.0. The molecule has 1 spiro atoms. The van der Waals surface area contributed by atoms with Gasteiger partial charge in [-0.3, -0.25) is 19.3 Å². The first-order valence-corrected chi connectivity index (χ1v) is 7.43. The van der Waals surface area contributed by atoms with Crippen LogP contribution in [0.5, 0.6) is 0 Å². The van der Waals surface area contributed by atoms with E-state index in [1.165, 1.54) is 4.90 Å². The number of likely N-dealkylation sites (tertiary alicyclic amines) is 1. The average Bonchev–Trinajstić information content (AvgIpc) is 2.64. The highest BCUT2D eigenvalue weighted by Gasteiger charge is 2.53. The highest BCUT2D eigenvalue weighted by molar-refractivity contribution is 6.06. The average molecular weight is 281 g/mol. The van der Waals surface area contributed by atoms with Gasteiger partial charge in [0.1, 0.15) is 0 Å². The Bertz CT molecular complexity index is 439. The Kier molecular flexibility index (Phi) is 3.89. The van der Waals surface area contributed by atoms with Gasteiger partial charge in [-0.1, -0.05) is 26.2 Å². The SMILES string of the molecule is CCC(C)(CN1C(=O)CC2(CCCCC2)C1=O)C(=O)O. The van der Waals surface area contributed by atoms with Gasteiger partial charge in [0, 0.05) is 13.0 Å². The molecule has 1 atom stereocenters. The zero-order valence-electron chi connectivity index (χ0n) is 12.3. The summed E-state index contributed by atoms with van der Waals surface area (Å²) in [6, 6.07) is 0. The minimum atomic E-state index is -1.05. The summed E-state index contributed by atoms with van der Waals surface area (Å²) in [5, 5.41) is 9.32. The third-order valence-electron chi connectivity index (χ3n) is 5.10. The number of hydrogen-bond donors (Lipinski definition) is 1. The Labute approximate surface area is 119 Å². The van der Waals surface area contributed by atoms with Crippen LogP contribution in [0.2, 0.25) is 0 Å². The van der Waals surface area contributed by atoms with Crippen LogP contribution in [0.4, 0.5) is 0 Å². The molecule has 2 aliphatic rings. The molecule has 2 rings (SSSR count). The van der Waals surface area contributed by atoms with Crippen LogP contribution < -0.4 is 0 Å². The molecule has 0 aromatic carbocycles. The van der Waals surface area contributed by atoms with Gasteiger partial charge in [-0.15, -0.1) is 0 Å². The Balaban J connectivity index is 2.19. The van der Waals surface area contributed by atoms with Gasteiger partial charge >= 0.3 is 5.97 Å². The number of carbonyl (C=O) groups excluding carboxylic acids is 2. The molecule has 112 valence electrons. The summed E-state index contributed by atoms with van der Waals surface area (Å²) in [6.07, 6.45) is 5.28. The van der Waals surface area contributed by atoms with E-state index in [1.807, 2.05) is 0 Å². The van der Waals surface area contributed by atoms with Gasteiger partial charge < -0.3 is 5.11 Å². The van der Waals surface area contributed by atoms with Crippen molar-refractivity contribution in [1.82, 2.24) is 4.90 Å². The van der Waals surface area contributed by atoms with Crippen LogP contribution in [0, 0.1) is 10.8 Å². The van der Waals surface area contributed by atoms with Crippen molar-refractivity contribution in [2.45, 2.75) is 58.8 Å². The van der Waals surface area contributed by atoms with Crippen molar-refractivity contribution in [1.29, 1.82) is 0 Å². The van der Waals surface area contributed by atoms with E-state index in [0.29, 0.717) is 6.42 Å². The van der Waals surface area contributed by atoms with Crippen molar-refractivity contribution in [2.75, 3.05) is 6.54 Å². The molecule has 1 saturated heterocycles. The van der Waals surface area contributed by atoms with Crippen molar-refractivity contribution < 1.29 is 19.5 Å². The molecule has 1 aliphatic carbocycles. The summed E-state index contributed by atoms with van der Waals surface area (Å²) >= 11 is 0. The number of imide groups is 1. The molecule has 5 nitrogen and oxygen atoms in total. The largest absolute Gasteiger partial charge is 0.481 e. The number of carboxylic acid groups (broad SMARTS) is 1. The Hall–Kier alpha value is -1.39. The molecule has 1 heterocycles. The third kappa shape index (κ3) is 2.34. The molecule has 1 N–H and O–H groups in total. The van der Waals surface area contributed by atoms with Gasteiger partial charge in [0.2, 0.25) is 11.8 Å². The fraction of sp³-hybridized carbons (Fsp3) is 0.800. The van der Waals surface area contributed by atoms with E-state index >= 15 is 0 Å². The van der Waals surface area contributed by atoms with Crippen molar-refractivity contribution >= 4 is 17.8 Å². The first-order valence-electron chi connectivity index (χ1n) is 7.43. The molecular weight excluding hydrogens is 258 g/mol. The van der Waals surface area contributed by atoms with Gasteiger partial charge in [-0.2, -0.15) is 0 Å². The van der Waals surface area contributed by atoms with Gasteiger partial charge in [-0.05, 0) is 26.2 Å². The minimum Gasteiger partial charge on any atom is -0.481 e. The molecule has 0 aromatic heterocycles. The molecule has 0 aromatic rings. The summed E-state index contributed by atoms with van der Waals surface area (Å²) in [7, 11) is 0. The number of hydrogen-bond acceptors (Lipinski definition) is 3. The van der Waals surface area contributed by atoms with Crippen molar-refractivity contribution in [2.24, 2.45) is 10.8 Å². The second-order valence-corrected chi connectivity index (χ2v) is 6.52. The van der Waals surface area contributed by atoms with Gasteiger partial charge in [0.15, 0.2) is 0 Å². The Morgan fingerprint density at radius 2 is 1.90 bits per heavy atom. The predicted octanol–water partition coefficient (Wildman–Crippen LogP) is 2.20. The lowest BCUT2D eigenvalue weighted by molar-refractivity contribution is -0.153. The van der Waals surface area contributed by atoms with E-state index in [4.69, 9.17) is 0 Å². The zero-order valence-corrected chi connectivity index (χ0v) is 12.3. The summed E-state index contributed by atoms with van der Waals surface area (Å²) in [6.45, 7) is 3.37. The lowest BCUT2D eigenvalue weighted by atomic mass is 9.73. The molecule has 1 saturated carbocycles. The van der Waals surface area contributed by atoms with Crippen LogP contribution >= 0.6 is 0 Å². The van der Waals surface area contributed by atoms with Crippen molar-refractivity contribution in [3.8, 4) is 0 Å². The standard InChI is InChI=1S/C15H23NO4/c1-3-14(2,13(19)20)10-16-11(17)9-15(12(16)18)7-5-4-6-8-15/h3-10H2,1-2H3,(H,19,20). The second-order valence-electron chi connectivity index (χ2n) is 6.52. The minimum absolute atomic E-state index is 0.00174. The van der Waals surface area contributed by atoms with Gasteiger partial charge in [-0.25, -0.2) is 0 Å². The summed E-state index contributed by atoms with van der Waals surface area (Å²) in [5.41, 5.74) is -1.58. The van der Waals surface area contributed by atoms with Crippen molar-refractivity contribution in [3.05, 3.63) is 0 Å². The monoisotopic (exact) mass is 281 g/mol. The number of amides is 2. The maximum atomic E-state index is 12.6. The molecule has 5 heteroatoms. The summed E-state index contributed by atoms with van der Waals surface area (Å²) in [5.74, 6) is -1.29. The van der Waals surface area contributed by atoms with E-state index < -0.39 is 16.8 Å². The number of nitrogens with zero attached hydrogens (tertiary/aromatic N) is 1. The lowest BCUT2D eigenvalue weighted by Gasteiger charge is -2.32. The number of rotatable bonds is 4. The zero-order chi connectivity index (χ0) is 15.0. The molecule has 1 unspecified atom stereocenters. The van der Waals surface area contributed by atoms with E-state index in [9.17, 15) is 19.5 Å². The van der Waals surface area contributed by atoms with E-state index in [1.54, 1.807) is 13.8 Å². The summed E-state index contributed by atoms with van der Waals surface area (Å²) < 4.78 is 0. The fourth-order valence-electron chi connectivity index (χ4n) is 3.32. The molecule has 2 amide bonds. The third-order valence-corrected chi connectivity index (χ3v) is 5.10. The Morgan fingerprint density at radius 3 is 2.40 bits per heavy atom. The van der Waals surface area contributed by atoms with Gasteiger partial charge in [0.25, 0.3) is 0 Å². The lowest BCUT2D eigenvalue weighted by Crippen LogP contribution is -2.45. The van der Waals surface area contributed by atoms with Crippen LogP contribution in [0.25, 0.3) is 0 Å². The molecular formula is C15H23NO4. The molecule has 0 radical (unpaired) electrons. The quantitative estimate of drug-likeness (QED) is 0.802. The van der Waals surface area contributed by atoms with E-state index in [2.05, 4.69) is 0 Å². The highest BCUT2D eigenvalue weighted by atomic mass is 16.4. The van der Waals surface area contributed by atoms with Crippen LogP contribution in [-0.2, 0) is 14.4 Å². The van der Waals surface area contributed by atoms with Crippen LogP contribution in [0.3, 0.4) is 0 Å². The highest BCUT2D eigenvalue weighted by Crippen LogP contribution is 2.46. The van der Waals surface area contributed by atoms with Crippen LogP contribution in [0.15, 0.2) is 0 Å². The maximum absolute atomic E-state index is 12.6. The van der Waals surface area contributed by atoms with Gasteiger partial charge in [0.05, 0.1) is 10.8 Å². The Morgan fingerprint density at radius 1 is 1.30 bits per heavy atom. The molecule has 2 fully saturated rings. The number of aliphatic carboxylic acids is 1. The smallest absolute Gasteiger partial charge is 0.311 e. The summed E-state index contributed by atoms with van der Waals surface area (Å²) in [4.78, 5) is 37.4. The van der Waals surface area contributed by atoms with Crippen LogP contribution in [-0.4, -0.2) is 34.3 Å². The van der Waals surface area contributed by atoms with E-state index in [0.717, 1.165) is 32.1 Å². The number of carboxylic acids is 1. The second kappa shape index (κ2) is 5.19. The molecule has 0 bridgehead atoms. The first-order chi connectivity index (χ1) is 9.34. The normalized spacial score (nSPS) is 25.0. The fourth-order valence-corrected chi connectivity index (χ4v) is 3.32.